The molecule has 146 valence electrons. The third-order valence-electron chi connectivity index (χ3n) is 3.77. The van der Waals surface area contributed by atoms with Crippen molar-refractivity contribution >= 4 is 33.2 Å². The number of carbonyl (C=O) groups is 1. The van der Waals surface area contributed by atoms with Gasteiger partial charge in [0.2, 0.25) is 21.7 Å². The Labute approximate surface area is 167 Å². The van der Waals surface area contributed by atoms with E-state index in [1.165, 1.54) is 6.07 Å². The van der Waals surface area contributed by atoms with E-state index in [9.17, 15) is 13.2 Å². The van der Waals surface area contributed by atoms with Crippen LogP contribution in [0.5, 0.6) is 0 Å². The molecule has 1 aromatic heterocycles. The van der Waals surface area contributed by atoms with E-state index < -0.39 is 15.9 Å². The van der Waals surface area contributed by atoms with Crippen molar-refractivity contribution in [2.24, 2.45) is 0 Å². The van der Waals surface area contributed by atoms with Gasteiger partial charge in [-0.25, -0.2) is 8.42 Å². The maximum Gasteiger partial charge on any atom is 0.251 e. The van der Waals surface area contributed by atoms with Crippen LogP contribution in [0.4, 0.5) is 5.69 Å². The second-order valence-corrected chi connectivity index (χ2v) is 8.29. The van der Waals surface area contributed by atoms with Gasteiger partial charge < -0.3 is 9.84 Å². The molecule has 0 aliphatic heterocycles. The SMILES string of the molecule is Cc1ccc(C(=O)NCc2nc(-c3ccc(Cl)cc3)no2)cc1NS(C)(=O)=O. The lowest BCUT2D eigenvalue weighted by atomic mass is 10.1. The number of aryl methyl sites for hydroxylation is 1. The number of nitrogens with one attached hydrogen (secondary N) is 2. The number of aromatic nitrogens is 2. The zero-order valence-electron chi connectivity index (χ0n) is 15.1. The molecule has 2 N–H and O–H groups in total. The van der Waals surface area contributed by atoms with Gasteiger partial charge in [0.25, 0.3) is 5.91 Å². The largest absolute Gasteiger partial charge is 0.343 e. The Kier molecular flexibility index (Phi) is 5.66. The molecule has 0 bridgehead atoms. The second kappa shape index (κ2) is 7.99. The standard InChI is InChI=1S/C18H17ClN4O4S/c1-11-3-4-13(9-15(11)23-28(2,25)26)18(24)20-10-16-21-17(22-27-16)12-5-7-14(19)8-6-12/h3-9,23H,10H2,1-2H3,(H,20,24). The molecular weight excluding hydrogens is 404 g/mol. The first-order chi connectivity index (χ1) is 13.2. The number of carbonyl (C=O) groups excluding carboxylic acids is 1. The summed E-state index contributed by atoms with van der Waals surface area (Å²) < 4.78 is 30.4. The highest BCUT2D eigenvalue weighted by atomic mass is 35.5. The van der Waals surface area contributed by atoms with Crippen LogP contribution in [0.1, 0.15) is 21.8 Å². The summed E-state index contributed by atoms with van der Waals surface area (Å²) in [6.07, 6.45) is 1.05. The van der Waals surface area contributed by atoms with Gasteiger partial charge in [0, 0.05) is 16.1 Å². The fraction of sp³-hybridized carbons (Fsp3) is 0.167. The number of amides is 1. The minimum Gasteiger partial charge on any atom is -0.343 e. The number of anilines is 1. The van der Waals surface area contributed by atoms with Gasteiger partial charge in [-0.2, -0.15) is 4.98 Å². The first kappa shape index (κ1) is 19.8. The van der Waals surface area contributed by atoms with E-state index in [0.717, 1.165) is 11.8 Å². The topological polar surface area (TPSA) is 114 Å². The maximum absolute atomic E-state index is 12.4. The van der Waals surface area contributed by atoms with E-state index in [1.807, 2.05) is 0 Å². The summed E-state index contributed by atoms with van der Waals surface area (Å²) in [6.45, 7) is 1.77. The zero-order chi connectivity index (χ0) is 20.3. The van der Waals surface area contributed by atoms with E-state index in [4.69, 9.17) is 16.1 Å². The van der Waals surface area contributed by atoms with Crippen LogP contribution in [0.25, 0.3) is 11.4 Å². The quantitative estimate of drug-likeness (QED) is 0.633. The number of halogens is 1. The van der Waals surface area contributed by atoms with Crippen LogP contribution in [0.3, 0.4) is 0 Å². The predicted octanol–water partition coefficient (Wildman–Crippen LogP) is 3.00. The molecular formula is C18H17ClN4O4S. The average Bonchev–Trinajstić information content (AvgIpc) is 3.10. The van der Waals surface area contributed by atoms with E-state index in [0.29, 0.717) is 27.7 Å². The van der Waals surface area contributed by atoms with Gasteiger partial charge in [-0.05, 0) is 48.9 Å². The fourth-order valence-corrected chi connectivity index (χ4v) is 3.12. The van der Waals surface area contributed by atoms with Crippen molar-refractivity contribution in [3.63, 3.8) is 0 Å². The van der Waals surface area contributed by atoms with Crippen LogP contribution >= 0.6 is 11.6 Å². The molecule has 0 radical (unpaired) electrons. The van der Waals surface area contributed by atoms with Crippen LogP contribution in [0.15, 0.2) is 47.0 Å². The molecule has 1 heterocycles. The van der Waals surface area contributed by atoms with E-state index in [2.05, 4.69) is 20.2 Å². The first-order valence-corrected chi connectivity index (χ1v) is 10.4. The molecule has 0 saturated carbocycles. The normalized spacial score (nSPS) is 11.2. The van der Waals surface area contributed by atoms with Gasteiger partial charge in [-0.3, -0.25) is 9.52 Å². The van der Waals surface area contributed by atoms with Crippen molar-refractivity contribution in [1.29, 1.82) is 0 Å². The van der Waals surface area contributed by atoms with Crippen molar-refractivity contribution in [3.8, 4) is 11.4 Å². The molecule has 3 rings (SSSR count). The van der Waals surface area contributed by atoms with Gasteiger partial charge in [-0.15, -0.1) is 0 Å². The number of sulfonamides is 1. The predicted molar refractivity (Wildman–Crippen MR) is 106 cm³/mol. The summed E-state index contributed by atoms with van der Waals surface area (Å²) in [7, 11) is -3.45. The summed E-state index contributed by atoms with van der Waals surface area (Å²) in [5, 5.41) is 7.14. The van der Waals surface area contributed by atoms with E-state index in [1.54, 1.807) is 43.3 Å². The lowest BCUT2D eigenvalue weighted by Gasteiger charge is -2.10. The van der Waals surface area contributed by atoms with Crippen molar-refractivity contribution in [2.45, 2.75) is 13.5 Å². The van der Waals surface area contributed by atoms with Gasteiger partial charge in [-0.1, -0.05) is 22.8 Å². The zero-order valence-corrected chi connectivity index (χ0v) is 16.6. The molecule has 0 unspecified atom stereocenters. The molecule has 2 aromatic carbocycles. The first-order valence-electron chi connectivity index (χ1n) is 8.16. The number of hydrogen-bond acceptors (Lipinski definition) is 6. The molecule has 1 amide bonds. The fourth-order valence-electron chi connectivity index (χ4n) is 2.37. The molecule has 0 spiro atoms. The van der Waals surface area contributed by atoms with Crippen LogP contribution in [-0.4, -0.2) is 30.7 Å². The number of hydrogen-bond donors (Lipinski definition) is 2. The lowest BCUT2D eigenvalue weighted by Crippen LogP contribution is -2.23. The van der Waals surface area contributed by atoms with E-state index in [-0.39, 0.29) is 12.4 Å². The Morgan fingerprint density at radius 3 is 2.57 bits per heavy atom. The number of nitrogens with zero attached hydrogens (tertiary/aromatic N) is 2. The molecule has 0 aliphatic rings. The molecule has 3 aromatic rings. The highest BCUT2D eigenvalue weighted by Crippen LogP contribution is 2.20. The summed E-state index contributed by atoms with van der Waals surface area (Å²) in [4.78, 5) is 16.6. The van der Waals surface area contributed by atoms with Crippen LogP contribution in [0, 0.1) is 6.92 Å². The monoisotopic (exact) mass is 420 g/mol. The molecule has 0 aliphatic carbocycles. The maximum atomic E-state index is 12.4. The summed E-state index contributed by atoms with van der Waals surface area (Å²) in [5.74, 6) is 0.221. The third kappa shape index (κ3) is 5.08. The molecule has 28 heavy (non-hydrogen) atoms. The minimum atomic E-state index is -3.45. The van der Waals surface area contributed by atoms with Gasteiger partial charge >= 0.3 is 0 Å². The lowest BCUT2D eigenvalue weighted by molar-refractivity contribution is 0.0946. The Bertz CT molecular complexity index is 1110. The average molecular weight is 421 g/mol. The number of rotatable bonds is 6. The minimum absolute atomic E-state index is 0.0299. The van der Waals surface area contributed by atoms with Crippen molar-refractivity contribution < 1.29 is 17.7 Å². The summed E-state index contributed by atoms with van der Waals surface area (Å²) >= 11 is 5.85. The second-order valence-electron chi connectivity index (χ2n) is 6.11. The van der Waals surface area contributed by atoms with Crippen molar-refractivity contribution in [1.82, 2.24) is 15.5 Å². The Balaban J connectivity index is 1.68. The third-order valence-corrected chi connectivity index (χ3v) is 4.61. The van der Waals surface area contributed by atoms with Crippen molar-refractivity contribution in [2.75, 3.05) is 11.0 Å². The Morgan fingerprint density at radius 2 is 1.89 bits per heavy atom. The molecule has 0 saturated heterocycles. The highest BCUT2D eigenvalue weighted by Gasteiger charge is 2.13. The van der Waals surface area contributed by atoms with Gasteiger partial charge in [0.1, 0.15) is 0 Å². The highest BCUT2D eigenvalue weighted by molar-refractivity contribution is 7.92. The Hall–Kier alpha value is -2.91. The molecule has 0 atom stereocenters. The summed E-state index contributed by atoms with van der Waals surface area (Å²) in [5.41, 5.74) is 2.08. The molecule has 10 heteroatoms. The van der Waals surface area contributed by atoms with E-state index >= 15 is 0 Å². The van der Waals surface area contributed by atoms with Gasteiger partial charge in [0.05, 0.1) is 18.5 Å². The van der Waals surface area contributed by atoms with Crippen molar-refractivity contribution in [3.05, 3.63) is 64.5 Å². The molecule has 0 fully saturated rings. The van der Waals surface area contributed by atoms with Crippen LogP contribution in [-0.2, 0) is 16.6 Å². The summed E-state index contributed by atoms with van der Waals surface area (Å²) in [6, 6.07) is 11.7. The van der Waals surface area contributed by atoms with Crippen LogP contribution < -0.4 is 10.0 Å². The smallest absolute Gasteiger partial charge is 0.251 e. The van der Waals surface area contributed by atoms with Crippen LogP contribution in [0.2, 0.25) is 5.02 Å². The van der Waals surface area contributed by atoms with Gasteiger partial charge in [0.15, 0.2) is 0 Å². The number of benzene rings is 2. The molecule has 8 nitrogen and oxygen atoms in total. The Morgan fingerprint density at radius 1 is 1.18 bits per heavy atom.